The number of rotatable bonds is 8. The van der Waals surface area contributed by atoms with E-state index in [4.69, 9.17) is 4.74 Å². The first-order valence-electron chi connectivity index (χ1n) is 6.62. The Labute approximate surface area is 123 Å². The summed E-state index contributed by atoms with van der Waals surface area (Å²) in [6.07, 6.45) is 13.6. The van der Waals surface area contributed by atoms with Gasteiger partial charge in [-0.1, -0.05) is 32.9 Å². The molecule has 1 rings (SSSR count). The van der Waals surface area contributed by atoms with E-state index in [1.54, 1.807) is 0 Å². The summed E-state index contributed by atoms with van der Waals surface area (Å²) in [6.45, 7) is 7.94. The Kier molecular flexibility index (Phi) is 10.5. The first-order valence-corrected chi connectivity index (χ1v) is 9.59. The maximum absolute atomic E-state index is 6.00. The Morgan fingerprint density at radius 2 is 2.24 bits per heavy atom. The van der Waals surface area contributed by atoms with Crippen LogP contribution in [-0.4, -0.2) is 21.1 Å². The summed E-state index contributed by atoms with van der Waals surface area (Å²) in [5, 5.41) is 0. The second-order valence-electron chi connectivity index (χ2n) is 4.85. The van der Waals surface area contributed by atoms with Crippen LogP contribution in [0.3, 0.4) is 0 Å². The summed E-state index contributed by atoms with van der Waals surface area (Å²) in [5.74, 6) is 0. The second-order valence-corrected chi connectivity index (χ2v) is 8.09. The smallest absolute Gasteiger partial charge is 0.0656 e. The third-order valence-electron chi connectivity index (χ3n) is 3.04. The predicted octanol–water partition coefficient (Wildman–Crippen LogP) is 3.66. The molecular weight excluding hydrogens is 260 g/mol. The summed E-state index contributed by atoms with van der Waals surface area (Å²) in [4.78, 5) is 0. The van der Waals surface area contributed by atoms with Crippen LogP contribution in [0.4, 0.5) is 0 Å². The van der Waals surface area contributed by atoms with Gasteiger partial charge in [0.15, 0.2) is 0 Å². The molecule has 3 heteroatoms. The van der Waals surface area contributed by atoms with Gasteiger partial charge in [-0.2, -0.15) is 6.08 Å². The largest absolute Gasteiger partial charge is 0.382 e. The summed E-state index contributed by atoms with van der Waals surface area (Å²) in [7, 11) is -0.676. The minimum Gasteiger partial charge on any atom is -0.382 e. The van der Waals surface area contributed by atoms with Crippen molar-refractivity contribution in [1.82, 2.24) is 0 Å². The molecule has 0 radical (unpaired) electrons. The molecule has 0 saturated carbocycles. The minimum atomic E-state index is -0.676. The number of allylic oxidation sites excluding steroid dienone is 4. The topological polar surface area (TPSA) is 9.23 Å². The Bertz CT molecular complexity index is 249. The monoisotopic (exact) mass is 285 g/mol. The number of hydrogen-bond donors (Lipinski definition) is 0. The average molecular weight is 285 g/mol. The fourth-order valence-corrected chi connectivity index (χ4v) is 3.26. The fourth-order valence-electron chi connectivity index (χ4n) is 1.91. The van der Waals surface area contributed by atoms with Crippen LogP contribution in [0.5, 0.6) is 0 Å². The third-order valence-corrected chi connectivity index (χ3v) is 5.05. The van der Waals surface area contributed by atoms with Gasteiger partial charge in [-0.05, 0) is 12.8 Å². The van der Waals surface area contributed by atoms with Crippen molar-refractivity contribution in [2.75, 3.05) is 6.61 Å². The number of hydrogen-bond acceptors (Lipinski definition) is 1. The molecule has 0 spiro atoms. The van der Waals surface area contributed by atoms with E-state index < -0.39 is 8.80 Å². The van der Waals surface area contributed by atoms with Gasteiger partial charge in [0.2, 0.25) is 0 Å². The van der Waals surface area contributed by atoms with Crippen molar-refractivity contribution in [2.45, 2.75) is 57.8 Å². The Balaban J connectivity index is 0.00000256. The maximum Gasteiger partial charge on any atom is 0.0656 e. The predicted molar refractivity (Wildman–Crippen MR) is 73.3 cm³/mol. The molecule has 0 saturated heterocycles. The van der Waals surface area contributed by atoms with Gasteiger partial charge in [0.1, 0.15) is 0 Å². The molecule has 0 amide bonds. The summed E-state index contributed by atoms with van der Waals surface area (Å²) in [6, 6.07) is 0. The van der Waals surface area contributed by atoms with E-state index in [2.05, 4.69) is 38.2 Å². The zero-order valence-corrected chi connectivity index (χ0v) is 14.2. The molecule has 0 heterocycles. The Hall–Kier alpha value is 0.371. The van der Waals surface area contributed by atoms with E-state index in [-0.39, 0.29) is 21.7 Å². The minimum absolute atomic E-state index is 0. The molecule has 0 aromatic heterocycles. The van der Waals surface area contributed by atoms with Crippen molar-refractivity contribution in [3.8, 4) is 0 Å². The molecule has 0 aromatic carbocycles. The summed E-state index contributed by atoms with van der Waals surface area (Å²) >= 11 is 0. The van der Waals surface area contributed by atoms with Crippen LogP contribution in [0.15, 0.2) is 17.7 Å². The fraction of sp³-hybridized carbons (Fsp3) is 0.714. The molecule has 0 bridgehead atoms. The molecule has 0 aliphatic heterocycles. The SMILES string of the molecule is CCCCOC(CCC1=[C-]CC=C1)[SiH](C)C.[Ti]. The van der Waals surface area contributed by atoms with E-state index in [0.717, 1.165) is 19.4 Å². The first kappa shape index (κ1) is 17.4. The van der Waals surface area contributed by atoms with Crippen LogP contribution in [-0.2, 0) is 26.5 Å². The van der Waals surface area contributed by atoms with Crippen molar-refractivity contribution in [3.05, 3.63) is 23.8 Å². The van der Waals surface area contributed by atoms with Crippen molar-refractivity contribution < 1.29 is 26.5 Å². The van der Waals surface area contributed by atoms with Crippen LogP contribution in [0, 0.1) is 6.08 Å². The van der Waals surface area contributed by atoms with Crippen LogP contribution in [0.1, 0.15) is 39.0 Å². The Morgan fingerprint density at radius 1 is 1.47 bits per heavy atom. The van der Waals surface area contributed by atoms with Gasteiger partial charge in [-0.15, -0.1) is 6.42 Å². The molecule has 1 atom stereocenters. The van der Waals surface area contributed by atoms with Crippen molar-refractivity contribution in [2.24, 2.45) is 0 Å². The first-order chi connectivity index (χ1) is 7.74. The average Bonchev–Trinajstić information content (AvgIpc) is 2.75. The molecule has 0 N–H and O–H groups in total. The van der Waals surface area contributed by atoms with Gasteiger partial charge < -0.3 is 4.74 Å². The van der Waals surface area contributed by atoms with Gasteiger partial charge in [0.25, 0.3) is 0 Å². The molecule has 1 aliphatic rings. The van der Waals surface area contributed by atoms with Crippen LogP contribution in [0.2, 0.25) is 13.1 Å². The van der Waals surface area contributed by atoms with E-state index in [0.29, 0.717) is 5.73 Å². The molecular formula is C14H25OSiTi-. The van der Waals surface area contributed by atoms with Gasteiger partial charge >= 0.3 is 0 Å². The standard InChI is InChI=1S/C14H25OSi.Ti/c1-4-5-12-15-14(16(2)3)11-10-13-8-6-7-9-13;/h6,8,14,16H,4-5,7,10-12H2,1-3H3;/q-1;. The molecule has 1 aliphatic carbocycles. The van der Waals surface area contributed by atoms with Gasteiger partial charge in [-0.25, -0.2) is 11.6 Å². The number of unbranched alkanes of at least 4 members (excludes halogenated alkanes) is 1. The third kappa shape index (κ3) is 7.40. The quantitative estimate of drug-likeness (QED) is 0.376. The molecule has 0 fully saturated rings. The van der Waals surface area contributed by atoms with Crippen molar-refractivity contribution in [3.63, 3.8) is 0 Å². The normalized spacial score (nSPS) is 15.9. The Morgan fingerprint density at radius 3 is 2.76 bits per heavy atom. The van der Waals surface area contributed by atoms with E-state index in [1.807, 2.05) is 0 Å². The zero-order valence-electron chi connectivity index (χ0n) is 11.5. The van der Waals surface area contributed by atoms with Crippen molar-refractivity contribution in [1.29, 1.82) is 0 Å². The number of ether oxygens (including phenoxy) is 1. The molecule has 0 aromatic rings. The van der Waals surface area contributed by atoms with Crippen LogP contribution >= 0.6 is 0 Å². The van der Waals surface area contributed by atoms with E-state index >= 15 is 0 Å². The second kappa shape index (κ2) is 10.3. The van der Waals surface area contributed by atoms with Crippen LogP contribution < -0.4 is 0 Å². The molecule has 17 heavy (non-hydrogen) atoms. The van der Waals surface area contributed by atoms with Gasteiger partial charge in [-0.3, -0.25) is 6.08 Å². The van der Waals surface area contributed by atoms with E-state index in [9.17, 15) is 0 Å². The summed E-state index contributed by atoms with van der Waals surface area (Å²) in [5.41, 5.74) is 1.94. The van der Waals surface area contributed by atoms with Crippen molar-refractivity contribution >= 4 is 8.80 Å². The zero-order chi connectivity index (χ0) is 11.8. The maximum atomic E-state index is 6.00. The molecule has 1 nitrogen and oxygen atoms in total. The van der Waals surface area contributed by atoms with E-state index in [1.165, 1.54) is 24.8 Å². The molecule has 1 unspecified atom stereocenters. The van der Waals surface area contributed by atoms with Crippen LogP contribution in [0.25, 0.3) is 0 Å². The molecule has 96 valence electrons. The summed E-state index contributed by atoms with van der Waals surface area (Å²) < 4.78 is 6.00. The van der Waals surface area contributed by atoms with Gasteiger partial charge in [0, 0.05) is 34.1 Å². The van der Waals surface area contributed by atoms with Gasteiger partial charge in [0.05, 0.1) is 8.80 Å².